The first-order valence-corrected chi connectivity index (χ1v) is 6.72. The maximum absolute atomic E-state index is 9.12. The molecule has 0 saturated heterocycles. The van der Waals surface area contributed by atoms with E-state index in [1.165, 1.54) is 0 Å². The van der Waals surface area contributed by atoms with Crippen molar-refractivity contribution in [3.63, 3.8) is 0 Å². The predicted octanol–water partition coefficient (Wildman–Crippen LogP) is 3.08. The normalized spacial score (nSPS) is 10.5. The van der Waals surface area contributed by atoms with Crippen molar-refractivity contribution in [1.82, 2.24) is 9.55 Å². The summed E-state index contributed by atoms with van der Waals surface area (Å²) in [7, 11) is 0. The van der Waals surface area contributed by atoms with Crippen molar-refractivity contribution in [3.8, 4) is 11.8 Å². The smallest absolute Gasteiger partial charge is 0.206 e. The molecule has 0 aliphatic carbocycles. The van der Waals surface area contributed by atoms with Crippen molar-refractivity contribution < 1.29 is 0 Å². The van der Waals surface area contributed by atoms with Crippen LogP contribution in [0.15, 0.2) is 42.5 Å². The number of imidazole rings is 1. The highest BCUT2D eigenvalue weighted by Crippen LogP contribution is 2.27. The van der Waals surface area contributed by atoms with Crippen molar-refractivity contribution in [1.29, 1.82) is 5.26 Å². The number of fused-ring (bicyclic) bond motifs is 1. The molecule has 0 spiro atoms. The molecule has 1 aromatic heterocycles. The quantitative estimate of drug-likeness (QED) is 0.679. The molecule has 1 heterocycles. The number of para-hydroxylation sites is 2. The van der Waals surface area contributed by atoms with Crippen molar-refractivity contribution in [2.75, 3.05) is 5.73 Å². The lowest BCUT2D eigenvalue weighted by atomic mass is 10.2. The highest BCUT2D eigenvalue weighted by atomic mass is 127. The number of aromatic nitrogens is 2. The van der Waals surface area contributed by atoms with E-state index in [-0.39, 0.29) is 0 Å². The van der Waals surface area contributed by atoms with Gasteiger partial charge in [0.05, 0.1) is 16.8 Å². The fraction of sp³-hybridized carbons (Fsp3) is 0. The molecule has 0 aliphatic rings. The van der Waals surface area contributed by atoms with Gasteiger partial charge in [-0.2, -0.15) is 5.26 Å². The summed E-state index contributed by atoms with van der Waals surface area (Å²) >= 11 is 2.26. The van der Waals surface area contributed by atoms with Crippen molar-refractivity contribution in [2.24, 2.45) is 0 Å². The molecule has 0 radical (unpaired) electrons. The molecule has 0 bridgehead atoms. The van der Waals surface area contributed by atoms with E-state index in [1.807, 2.05) is 41.0 Å². The summed E-state index contributed by atoms with van der Waals surface area (Å²) in [5.74, 6) is 0.391. The predicted molar refractivity (Wildman–Crippen MR) is 82.9 cm³/mol. The van der Waals surface area contributed by atoms with Crippen molar-refractivity contribution in [2.45, 2.75) is 0 Å². The molecular weight excluding hydrogens is 351 g/mol. The molecule has 0 unspecified atom stereocenters. The fourth-order valence-electron chi connectivity index (χ4n) is 2.09. The maximum atomic E-state index is 9.12. The Bertz CT molecular complexity index is 814. The van der Waals surface area contributed by atoms with E-state index in [4.69, 9.17) is 11.0 Å². The Morgan fingerprint density at radius 2 is 1.95 bits per heavy atom. The monoisotopic (exact) mass is 360 g/mol. The average molecular weight is 360 g/mol. The third-order valence-corrected chi connectivity index (χ3v) is 3.84. The molecule has 0 amide bonds. The number of nitrogens with two attached hydrogens (primary N) is 1. The molecule has 0 atom stereocenters. The average Bonchev–Trinajstić information content (AvgIpc) is 2.75. The summed E-state index contributed by atoms with van der Waals surface area (Å²) in [6.45, 7) is 0. The number of rotatable bonds is 1. The number of anilines is 1. The largest absolute Gasteiger partial charge is 0.369 e. The van der Waals surface area contributed by atoms with Gasteiger partial charge in [-0.15, -0.1) is 0 Å². The summed E-state index contributed by atoms with van der Waals surface area (Å²) in [6, 6.07) is 15.6. The number of nitrogens with zero attached hydrogens (tertiary/aromatic N) is 3. The van der Waals surface area contributed by atoms with E-state index < -0.39 is 0 Å². The van der Waals surface area contributed by atoms with Crippen LogP contribution in [0.1, 0.15) is 5.56 Å². The van der Waals surface area contributed by atoms with Crippen LogP contribution in [0.2, 0.25) is 0 Å². The van der Waals surface area contributed by atoms with Gasteiger partial charge in [-0.1, -0.05) is 18.2 Å². The van der Waals surface area contributed by atoms with E-state index in [2.05, 4.69) is 33.6 Å². The van der Waals surface area contributed by atoms with Crippen LogP contribution in [0.3, 0.4) is 0 Å². The number of halogens is 1. The Balaban J connectivity index is 2.41. The second-order valence-electron chi connectivity index (χ2n) is 4.04. The van der Waals surface area contributed by atoms with Gasteiger partial charge in [0.1, 0.15) is 11.6 Å². The highest BCUT2D eigenvalue weighted by Gasteiger charge is 2.14. The first-order chi connectivity index (χ1) is 9.22. The van der Waals surface area contributed by atoms with E-state index >= 15 is 0 Å². The van der Waals surface area contributed by atoms with Gasteiger partial charge in [-0.05, 0) is 46.9 Å². The summed E-state index contributed by atoms with van der Waals surface area (Å²) in [5, 5.41) is 9.12. The molecule has 0 fully saturated rings. The van der Waals surface area contributed by atoms with Gasteiger partial charge in [-0.25, -0.2) is 4.98 Å². The summed E-state index contributed by atoms with van der Waals surface area (Å²) < 4.78 is 2.95. The maximum Gasteiger partial charge on any atom is 0.206 e. The molecule has 5 heteroatoms. The van der Waals surface area contributed by atoms with Crippen LogP contribution in [-0.4, -0.2) is 9.55 Å². The zero-order valence-electron chi connectivity index (χ0n) is 9.84. The van der Waals surface area contributed by atoms with E-state index in [0.29, 0.717) is 17.0 Å². The number of benzene rings is 2. The summed E-state index contributed by atoms with van der Waals surface area (Å²) in [4.78, 5) is 4.32. The molecular formula is C14H9IN4. The molecule has 4 nitrogen and oxygen atoms in total. The van der Waals surface area contributed by atoms with E-state index in [9.17, 15) is 0 Å². The Labute approximate surface area is 123 Å². The third-order valence-electron chi connectivity index (χ3n) is 2.92. The van der Waals surface area contributed by atoms with Crippen LogP contribution in [-0.2, 0) is 0 Å². The van der Waals surface area contributed by atoms with Crippen LogP contribution in [0, 0.1) is 14.9 Å². The van der Waals surface area contributed by atoms with Crippen LogP contribution >= 0.6 is 22.6 Å². The minimum Gasteiger partial charge on any atom is -0.369 e. The van der Waals surface area contributed by atoms with Crippen molar-refractivity contribution >= 4 is 39.6 Å². The van der Waals surface area contributed by atoms with Crippen LogP contribution in [0.4, 0.5) is 5.95 Å². The number of hydrogen-bond acceptors (Lipinski definition) is 3. The number of nitrogen functional groups attached to an aromatic ring is 1. The topological polar surface area (TPSA) is 67.6 Å². The molecule has 0 saturated carbocycles. The zero-order valence-corrected chi connectivity index (χ0v) is 12.0. The molecule has 19 heavy (non-hydrogen) atoms. The minimum absolute atomic E-state index is 0.391. The Morgan fingerprint density at radius 3 is 2.68 bits per heavy atom. The third kappa shape index (κ3) is 1.85. The Kier molecular flexibility index (Phi) is 2.87. The van der Waals surface area contributed by atoms with Crippen LogP contribution in [0.5, 0.6) is 0 Å². The molecule has 2 aromatic carbocycles. The highest BCUT2D eigenvalue weighted by molar-refractivity contribution is 14.1. The minimum atomic E-state index is 0.391. The zero-order chi connectivity index (χ0) is 13.4. The van der Waals surface area contributed by atoms with Crippen LogP contribution < -0.4 is 5.73 Å². The second kappa shape index (κ2) is 4.55. The SMILES string of the molecule is N#Cc1cccc2c1nc(N)n2-c1ccccc1I. The second-order valence-corrected chi connectivity index (χ2v) is 5.20. The van der Waals surface area contributed by atoms with Crippen LogP contribution in [0.25, 0.3) is 16.7 Å². The molecule has 2 N–H and O–H groups in total. The summed E-state index contributed by atoms with van der Waals surface area (Å²) in [5.41, 5.74) is 9.01. The van der Waals surface area contributed by atoms with Gasteiger partial charge in [0, 0.05) is 3.57 Å². The first kappa shape index (κ1) is 12.0. The first-order valence-electron chi connectivity index (χ1n) is 5.64. The molecule has 0 aliphatic heterocycles. The van der Waals surface area contributed by atoms with Gasteiger partial charge in [0.2, 0.25) is 5.95 Å². The molecule has 3 aromatic rings. The Morgan fingerprint density at radius 1 is 1.16 bits per heavy atom. The fourth-order valence-corrected chi connectivity index (χ4v) is 2.72. The standard InChI is InChI=1S/C14H9IN4/c15-10-5-1-2-6-11(10)19-12-7-3-4-9(8-16)13(12)18-14(19)17/h1-7H,(H2,17,18). The lowest BCUT2D eigenvalue weighted by Gasteiger charge is -2.08. The molecule has 3 rings (SSSR count). The van der Waals surface area contributed by atoms with Gasteiger partial charge in [0.15, 0.2) is 0 Å². The van der Waals surface area contributed by atoms with Gasteiger partial charge in [0.25, 0.3) is 0 Å². The van der Waals surface area contributed by atoms with Gasteiger partial charge >= 0.3 is 0 Å². The van der Waals surface area contributed by atoms with Gasteiger partial charge < -0.3 is 5.73 Å². The summed E-state index contributed by atoms with van der Waals surface area (Å²) in [6.07, 6.45) is 0. The number of hydrogen-bond donors (Lipinski definition) is 1. The van der Waals surface area contributed by atoms with Crippen molar-refractivity contribution in [3.05, 3.63) is 51.6 Å². The van der Waals surface area contributed by atoms with E-state index in [1.54, 1.807) is 6.07 Å². The van der Waals surface area contributed by atoms with Gasteiger partial charge in [-0.3, -0.25) is 4.57 Å². The lowest BCUT2D eigenvalue weighted by molar-refractivity contribution is 1.10. The van der Waals surface area contributed by atoms with E-state index in [0.717, 1.165) is 14.8 Å². The molecule has 92 valence electrons. The number of nitriles is 1. The Hall–Kier alpha value is -2.07. The lowest BCUT2D eigenvalue weighted by Crippen LogP contribution is -2.02.